The Morgan fingerprint density at radius 3 is 2.50 bits per heavy atom. The highest BCUT2D eigenvalue weighted by Crippen LogP contribution is 2.19. The molecule has 2 aromatic heterocycles. The van der Waals surface area contributed by atoms with Crippen LogP contribution in [-0.4, -0.2) is 15.0 Å². The Morgan fingerprint density at radius 2 is 1.81 bits per heavy atom. The molecule has 2 heterocycles. The number of nitrogens with one attached hydrogen (secondary N) is 1. The molecular formula is C23H19ClFN3O3S. The monoisotopic (exact) mass is 471 g/mol. The average molecular weight is 472 g/mol. The van der Waals surface area contributed by atoms with Crippen LogP contribution in [0.15, 0.2) is 57.4 Å². The minimum Gasteiger partial charge on any atom is -0.350 e. The quantitative estimate of drug-likeness (QED) is 0.479. The molecule has 0 aliphatic carbocycles. The van der Waals surface area contributed by atoms with Crippen molar-refractivity contribution in [1.82, 2.24) is 14.5 Å². The van der Waals surface area contributed by atoms with Gasteiger partial charge in [0.1, 0.15) is 17.1 Å². The fourth-order valence-electron chi connectivity index (χ4n) is 3.61. The van der Waals surface area contributed by atoms with Crippen molar-refractivity contribution < 1.29 is 9.18 Å². The van der Waals surface area contributed by atoms with Crippen LogP contribution >= 0.6 is 22.9 Å². The second-order valence-corrected chi connectivity index (χ2v) is 8.83. The van der Waals surface area contributed by atoms with Crippen LogP contribution in [0.5, 0.6) is 0 Å². The predicted molar refractivity (Wildman–Crippen MR) is 124 cm³/mol. The van der Waals surface area contributed by atoms with Gasteiger partial charge < -0.3 is 5.32 Å². The maximum Gasteiger partial charge on any atom is 0.336 e. The Bertz CT molecular complexity index is 1450. The van der Waals surface area contributed by atoms with E-state index < -0.39 is 23.0 Å². The van der Waals surface area contributed by atoms with E-state index in [4.69, 9.17) is 11.6 Å². The van der Waals surface area contributed by atoms with Gasteiger partial charge in [-0.3, -0.25) is 14.2 Å². The number of amides is 1. The predicted octanol–water partition coefficient (Wildman–Crippen LogP) is 3.94. The van der Waals surface area contributed by atoms with E-state index in [2.05, 4.69) is 5.32 Å². The van der Waals surface area contributed by atoms with Crippen molar-refractivity contribution >= 4 is 39.1 Å². The summed E-state index contributed by atoms with van der Waals surface area (Å²) in [5, 5.41) is 4.61. The number of hydrogen-bond donors (Lipinski definition) is 1. The molecule has 2 aromatic carbocycles. The molecule has 0 radical (unpaired) electrons. The number of thiophene rings is 1. The van der Waals surface area contributed by atoms with Crippen molar-refractivity contribution in [1.29, 1.82) is 0 Å². The van der Waals surface area contributed by atoms with Gasteiger partial charge in [-0.25, -0.2) is 13.8 Å². The lowest BCUT2D eigenvalue weighted by Gasteiger charge is -2.13. The SMILES string of the molecule is Cc1cc(C)cc(-n2c(=O)c3sccc3n(CC(=O)NCc3ccc(F)cc3Cl)c2=O)c1. The summed E-state index contributed by atoms with van der Waals surface area (Å²) in [7, 11) is 0. The average Bonchev–Trinajstić information content (AvgIpc) is 3.20. The van der Waals surface area contributed by atoms with Crippen LogP contribution in [0.3, 0.4) is 0 Å². The topological polar surface area (TPSA) is 73.1 Å². The number of fused-ring (bicyclic) bond motifs is 1. The number of carbonyl (C=O) groups excluding carboxylic acids is 1. The number of rotatable bonds is 5. The van der Waals surface area contributed by atoms with E-state index in [-0.39, 0.29) is 18.1 Å². The zero-order valence-electron chi connectivity index (χ0n) is 17.3. The molecule has 164 valence electrons. The van der Waals surface area contributed by atoms with Gasteiger partial charge in [-0.05, 0) is 66.2 Å². The Morgan fingerprint density at radius 1 is 1.09 bits per heavy atom. The zero-order chi connectivity index (χ0) is 23.0. The molecule has 0 spiro atoms. The largest absolute Gasteiger partial charge is 0.350 e. The Hall–Kier alpha value is -3.23. The second-order valence-electron chi connectivity index (χ2n) is 7.50. The molecule has 0 atom stereocenters. The summed E-state index contributed by atoms with van der Waals surface area (Å²) < 4.78 is 16.0. The molecule has 1 amide bonds. The van der Waals surface area contributed by atoms with Crippen molar-refractivity contribution in [3.63, 3.8) is 0 Å². The van der Waals surface area contributed by atoms with Crippen molar-refractivity contribution in [2.45, 2.75) is 26.9 Å². The first kappa shape index (κ1) is 22.0. The van der Waals surface area contributed by atoms with Crippen molar-refractivity contribution in [2.24, 2.45) is 0 Å². The highest BCUT2D eigenvalue weighted by atomic mass is 35.5. The van der Waals surface area contributed by atoms with E-state index in [1.54, 1.807) is 23.6 Å². The molecule has 0 aliphatic heterocycles. The molecular weight excluding hydrogens is 453 g/mol. The lowest BCUT2D eigenvalue weighted by molar-refractivity contribution is -0.121. The minimum atomic E-state index is -0.596. The van der Waals surface area contributed by atoms with Crippen LogP contribution < -0.4 is 16.6 Å². The summed E-state index contributed by atoms with van der Waals surface area (Å²) in [5.41, 5.74) is 2.23. The highest BCUT2D eigenvalue weighted by molar-refractivity contribution is 7.17. The van der Waals surface area contributed by atoms with Crippen molar-refractivity contribution in [3.8, 4) is 5.69 Å². The Labute approximate surface area is 191 Å². The van der Waals surface area contributed by atoms with Gasteiger partial charge >= 0.3 is 5.69 Å². The number of nitrogens with zero attached hydrogens (tertiary/aromatic N) is 2. The fraction of sp³-hybridized carbons (Fsp3) is 0.174. The summed E-state index contributed by atoms with van der Waals surface area (Å²) in [6, 6.07) is 11.0. The number of aryl methyl sites for hydroxylation is 2. The molecule has 32 heavy (non-hydrogen) atoms. The third-order valence-electron chi connectivity index (χ3n) is 5.01. The summed E-state index contributed by atoms with van der Waals surface area (Å²) in [6.45, 7) is 3.57. The molecule has 1 N–H and O–H groups in total. The summed E-state index contributed by atoms with van der Waals surface area (Å²) in [6.07, 6.45) is 0. The van der Waals surface area contributed by atoms with Crippen LogP contribution in [0.25, 0.3) is 15.9 Å². The van der Waals surface area contributed by atoms with Gasteiger partial charge in [0, 0.05) is 11.6 Å². The standard InChI is InChI=1S/C23H19ClFN3O3S/c1-13-7-14(2)9-17(8-13)28-22(30)21-19(5-6-32-21)27(23(28)31)12-20(29)26-11-15-3-4-16(25)10-18(15)24/h3-10H,11-12H2,1-2H3,(H,26,29). The van der Waals surface area contributed by atoms with E-state index in [0.717, 1.165) is 15.7 Å². The van der Waals surface area contributed by atoms with Gasteiger partial charge in [-0.2, -0.15) is 0 Å². The molecule has 0 unspecified atom stereocenters. The number of halogens is 2. The normalized spacial score (nSPS) is 11.1. The highest BCUT2D eigenvalue weighted by Gasteiger charge is 2.18. The lowest BCUT2D eigenvalue weighted by atomic mass is 10.1. The zero-order valence-corrected chi connectivity index (χ0v) is 18.9. The van der Waals surface area contributed by atoms with Crippen LogP contribution in [0, 0.1) is 19.7 Å². The number of benzene rings is 2. The molecule has 0 saturated carbocycles. The minimum absolute atomic E-state index is 0.0796. The van der Waals surface area contributed by atoms with Gasteiger partial charge in [0.2, 0.25) is 5.91 Å². The molecule has 0 fully saturated rings. The number of hydrogen-bond acceptors (Lipinski definition) is 4. The van der Waals surface area contributed by atoms with Gasteiger partial charge in [0.25, 0.3) is 5.56 Å². The smallest absolute Gasteiger partial charge is 0.336 e. The van der Waals surface area contributed by atoms with Crippen molar-refractivity contribution in [2.75, 3.05) is 0 Å². The van der Waals surface area contributed by atoms with Crippen LogP contribution in [0.2, 0.25) is 5.02 Å². The van der Waals surface area contributed by atoms with E-state index >= 15 is 0 Å². The van der Waals surface area contributed by atoms with Gasteiger partial charge in [-0.1, -0.05) is 23.7 Å². The third-order valence-corrected chi connectivity index (χ3v) is 6.26. The first-order chi connectivity index (χ1) is 15.2. The van der Waals surface area contributed by atoms with E-state index in [1.807, 2.05) is 19.9 Å². The van der Waals surface area contributed by atoms with Gasteiger partial charge in [0.05, 0.1) is 11.2 Å². The first-order valence-electron chi connectivity index (χ1n) is 9.77. The van der Waals surface area contributed by atoms with Crippen LogP contribution in [0.1, 0.15) is 16.7 Å². The first-order valence-corrected chi connectivity index (χ1v) is 11.0. The molecule has 4 aromatic rings. The third kappa shape index (κ3) is 4.24. The van der Waals surface area contributed by atoms with Gasteiger partial charge in [0.15, 0.2) is 0 Å². The Balaban J connectivity index is 1.71. The van der Waals surface area contributed by atoms with Crippen LogP contribution in [0.4, 0.5) is 4.39 Å². The van der Waals surface area contributed by atoms with E-state index in [0.29, 0.717) is 21.5 Å². The van der Waals surface area contributed by atoms with Crippen LogP contribution in [-0.2, 0) is 17.9 Å². The second kappa shape index (κ2) is 8.72. The number of aromatic nitrogens is 2. The molecule has 0 saturated heterocycles. The molecule has 6 nitrogen and oxygen atoms in total. The molecule has 4 rings (SSSR count). The summed E-state index contributed by atoms with van der Waals surface area (Å²) >= 11 is 7.23. The molecule has 0 bridgehead atoms. The van der Waals surface area contributed by atoms with E-state index in [9.17, 15) is 18.8 Å². The Kier molecular flexibility index (Phi) is 5.99. The fourth-order valence-corrected chi connectivity index (χ4v) is 4.66. The molecule has 9 heteroatoms. The summed E-state index contributed by atoms with van der Waals surface area (Å²) in [4.78, 5) is 39.0. The maximum absolute atomic E-state index is 13.3. The number of carbonyl (C=O) groups is 1. The lowest BCUT2D eigenvalue weighted by Crippen LogP contribution is -2.41. The van der Waals surface area contributed by atoms with Crippen molar-refractivity contribution in [3.05, 3.63) is 96.2 Å². The van der Waals surface area contributed by atoms with E-state index in [1.165, 1.54) is 34.1 Å². The van der Waals surface area contributed by atoms with Gasteiger partial charge in [-0.15, -0.1) is 11.3 Å². The maximum atomic E-state index is 13.3. The summed E-state index contributed by atoms with van der Waals surface area (Å²) in [5.74, 6) is -0.907. The molecule has 0 aliphatic rings.